The van der Waals surface area contributed by atoms with Crippen molar-refractivity contribution in [3.63, 3.8) is 0 Å². The second-order valence-corrected chi connectivity index (χ2v) is 9.97. The number of fused-ring (bicyclic) bond motifs is 1. The smallest absolute Gasteiger partial charge is 0.315 e. The van der Waals surface area contributed by atoms with Crippen molar-refractivity contribution in [3.8, 4) is 0 Å². The zero-order valence-electron chi connectivity index (χ0n) is 17.9. The number of amides is 4. The highest BCUT2D eigenvalue weighted by Crippen LogP contribution is 2.33. The zero-order valence-corrected chi connectivity index (χ0v) is 18.7. The maximum absolute atomic E-state index is 12.7. The van der Waals surface area contributed by atoms with Crippen LogP contribution in [-0.2, 0) is 9.59 Å². The van der Waals surface area contributed by atoms with Crippen molar-refractivity contribution in [2.24, 2.45) is 5.92 Å². The van der Waals surface area contributed by atoms with Gasteiger partial charge in [-0.2, -0.15) is 11.8 Å². The number of unbranched alkanes of at least 4 members (excludes halogenated alkanes) is 1. The Bertz CT molecular complexity index is 835. The minimum atomic E-state index is -0.190. The second-order valence-electron chi connectivity index (χ2n) is 8.70. The molecule has 8 nitrogen and oxygen atoms in total. The summed E-state index contributed by atoms with van der Waals surface area (Å²) < 4.78 is 0. The molecule has 3 N–H and O–H groups in total. The molecule has 0 radical (unpaired) electrons. The number of hydrogen-bond acceptors (Lipinski definition) is 5. The van der Waals surface area contributed by atoms with E-state index in [1.165, 1.54) is 0 Å². The van der Waals surface area contributed by atoms with Gasteiger partial charge in [-0.1, -0.05) is 12.5 Å². The highest BCUT2D eigenvalue weighted by Gasteiger charge is 2.42. The number of nitrogens with zero attached hydrogens (tertiary/aromatic N) is 2. The monoisotopic (exact) mass is 445 g/mol. The van der Waals surface area contributed by atoms with Gasteiger partial charge in [0, 0.05) is 36.2 Å². The summed E-state index contributed by atoms with van der Waals surface area (Å²) >= 11 is 1.91. The third-order valence-electron chi connectivity index (χ3n) is 6.35. The highest BCUT2D eigenvalue weighted by molar-refractivity contribution is 8.00. The van der Waals surface area contributed by atoms with Crippen LogP contribution in [0.3, 0.4) is 0 Å². The molecule has 0 aliphatic carbocycles. The molecule has 1 unspecified atom stereocenters. The zero-order chi connectivity index (χ0) is 21.8. The lowest BCUT2D eigenvalue weighted by Crippen LogP contribution is -2.43. The summed E-state index contributed by atoms with van der Waals surface area (Å²) in [6, 6.07) is 5.96. The van der Waals surface area contributed by atoms with E-state index in [4.69, 9.17) is 0 Å². The SMILES string of the molecule is Cc1cccc(NC(=O)C2CCCN(C(=O)CCCC[C@@H]3SC[C@@H]4NC(=O)N[C@@H]43)C2)n1. The lowest BCUT2D eigenvalue weighted by Gasteiger charge is -2.32. The molecule has 0 spiro atoms. The number of anilines is 1. The molecule has 3 aliphatic rings. The van der Waals surface area contributed by atoms with Gasteiger partial charge in [-0.3, -0.25) is 9.59 Å². The number of nitrogens with one attached hydrogen (secondary N) is 3. The second kappa shape index (κ2) is 9.89. The van der Waals surface area contributed by atoms with Gasteiger partial charge >= 0.3 is 6.03 Å². The molecule has 0 bridgehead atoms. The van der Waals surface area contributed by atoms with Crippen LogP contribution >= 0.6 is 11.8 Å². The molecule has 3 saturated heterocycles. The van der Waals surface area contributed by atoms with Gasteiger partial charge in [0.05, 0.1) is 18.0 Å². The molecule has 1 aromatic heterocycles. The van der Waals surface area contributed by atoms with E-state index in [1.54, 1.807) is 6.07 Å². The molecule has 4 atom stereocenters. The van der Waals surface area contributed by atoms with Crippen molar-refractivity contribution in [2.45, 2.75) is 62.8 Å². The van der Waals surface area contributed by atoms with Gasteiger partial charge in [0.1, 0.15) is 5.82 Å². The molecule has 31 heavy (non-hydrogen) atoms. The summed E-state index contributed by atoms with van der Waals surface area (Å²) in [5.41, 5.74) is 0.858. The largest absolute Gasteiger partial charge is 0.342 e. The molecular formula is C22H31N5O3S. The number of piperidine rings is 1. The number of carbonyl (C=O) groups excluding carboxylic acids is 3. The van der Waals surface area contributed by atoms with Gasteiger partial charge in [-0.15, -0.1) is 0 Å². The number of carbonyl (C=O) groups is 3. The molecule has 0 aromatic carbocycles. The number of rotatable bonds is 7. The maximum atomic E-state index is 12.7. The van der Waals surface area contributed by atoms with E-state index in [9.17, 15) is 14.4 Å². The molecule has 4 rings (SSSR count). The Balaban J connectivity index is 1.18. The van der Waals surface area contributed by atoms with Crippen LogP contribution in [0.25, 0.3) is 0 Å². The number of hydrogen-bond donors (Lipinski definition) is 3. The van der Waals surface area contributed by atoms with Crippen LogP contribution in [0, 0.1) is 12.8 Å². The highest BCUT2D eigenvalue weighted by atomic mass is 32.2. The van der Waals surface area contributed by atoms with Gasteiger partial charge in [0.25, 0.3) is 0 Å². The Morgan fingerprint density at radius 3 is 3.00 bits per heavy atom. The van der Waals surface area contributed by atoms with Crippen LogP contribution in [0.5, 0.6) is 0 Å². The molecular weight excluding hydrogens is 414 g/mol. The number of urea groups is 1. The standard InChI is InChI=1S/C22H31N5O3S/c1-14-6-4-9-18(23-14)25-21(29)15-7-5-11-27(12-15)19(28)10-3-2-8-17-20-16(13-31-17)24-22(30)26-20/h4,6,9,15-17,20H,2-3,5,7-8,10-13H2,1H3,(H,23,25,29)(H2,24,26,30)/t15?,16-,17-,20-/m0/s1. The first kappa shape index (κ1) is 21.9. The fraction of sp³-hybridized carbons (Fsp3) is 0.636. The third kappa shape index (κ3) is 5.50. The van der Waals surface area contributed by atoms with Crippen LogP contribution < -0.4 is 16.0 Å². The number of aromatic nitrogens is 1. The van der Waals surface area contributed by atoms with Crippen molar-refractivity contribution in [1.29, 1.82) is 0 Å². The lowest BCUT2D eigenvalue weighted by atomic mass is 9.96. The summed E-state index contributed by atoms with van der Waals surface area (Å²) in [5.74, 6) is 1.41. The maximum Gasteiger partial charge on any atom is 0.315 e. The van der Waals surface area contributed by atoms with Gasteiger partial charge < -0.3 is 20.9 Å². The molecule has 0 saturated carbocycles. The first-order valence-corrected chi connectivity index (χ1v) is 12.3. The van der Waals surface area contributed by atoms with Crippen molar-refractivity contribution in [2.75, 3.05) is 24.2 Å². The van der Waals surface area contributed by atoms with E-state index < -0.39 is 0 Å². The Labute approximate surface area is 187 Å². The molecule has 4 heterocycles. The minimum Gasteiger partial charge on any atom is -0.342 e. The summed E-state index contributed by atoms with van der Waals surface area (Å²) in [4.78, 5) is 43.0. The van der Waals surface area contributed by atoms with E-state index >= 15 is 0 Å². The number of pyridine rings is 1. The fourth-order valence-electron chi connectivity index (χ4n) is 4.68. The Kier molecular flexibility index (Phi) is 6.99. The minimum absolute atomic E-state index is 0.0580. The van der Waals surface area contributed by atoms with Gasteiger partial charge in [0.15, 0.2) is 0 Å². The Hall–Kier alpha value is -2.29. The van der Waals surface area contributed by atoms with E-state index in [-0.39, 0.29) is 35.8 Å². The molecule has 3 fully saturated rings. The van der Waals surface area contributed by atoms with Crippen LogP contribution in [-0.4, -0.2) is 63.9 Å². The van der Waals surface area contributed by atoms with E-state index in [2.05, 4.69) is 20.9 Å². The quantitative estimate of drug-likeness (QED) is 0.441. The van der Waals surface area contributed by atoms with Gasteiger partial charge in [0.2, 0.25) is 11.8 Å². The predicted octanol–water partition coefficient (Wildman–Crippen LogP) is 2.29. The number of aryl methyl sites for hydroxylation is 1. The molecule has 4 amide bonds. The van der Waals surface area contributed by atoms with Crippen molar-refractivity contribution < 1.29 is 14.4 Å². The average molecular weight is 446 g/mol. The van der Waals surface area contributed by atoms with Crippen molar-refractivity contribution in [1.82, 2.24) is 20.5 Å². The summed E-state index contributed by atoms with van der Waals surface area (Å²) in [6.45, 7) is 3.10. The van der Waals surface area contributed by atoms with Gasteiger partial charge in [-0.05, 0) is 44.7 Å². The van der Waals surface area contributed by atoms with Gasteiger partial charge in [-0.25, -0.2) is 9.78 Å². The van der Waals surface area contributed by atoms with E-state index in [0.717, 1.165) is 50.1 Å². The third-order valence-corrected chi connectivity index (χ3v) is 7.86. The van der Waals surface area contributed by atoms with Crippen LogP contribution in [0.4, 0.5) is 10.6 Å². The number of likely N-dealkylation sites (tertiary alicyclic amines) is 1. The summed E-state index contributed by atoms with van der Waals surface area (Å²) in [6.07, 6.45) is 4.98. The molecule has 168 valence electrons. The summed E-state index contributed by atoms with van der Waals surface area (Å²) in [7, 11) is 0. The van der Waals surface area contributed by atoms with Crippen molar-refractivity contribution >= 4 is 35.4 Å². The van der Waals surface area contributed by atoms with Crippen molar-refractivity contribution in [3.05, 3.63) is 23.9 Å². The molecule has 1 aromatic rings. The average Bonchev–Trinajstić information content (AvgIpc) is 3.30. The van der Waals surface area contributed by atoms with Crippen LogP contribution in [0.1, 0.15) is 44.2 Å². The Morgan fingerprint density at radius 1 is 1.29 bits per heavy atom. The van der Waals surface area contributed by atoms with Crippen LogP contribution in [0.2, 0.25) is 0 Å². The van der Waals surface area contributed by atoms with E-state index in [0.29, 0.717) is 24.0 Å². The van der Waals surface area contributed by atoms with E-state index in [1.807, 2.05) is 35.7 Å². The normalized spacial score (nSPS) is 27.4. The first-order chi connectivity index (χ1) is 15.0. The topological polar surface area (TPSA) is 103 Å². The predicted molar refractivity (Wildman–Crippen MR) is 121 cm³/mol. The van der Waals surface area contributed by atoms with Crippen LogP contribution in [0.15, 0.2) is 18.2 Å². The number of thioether (sulfide) groups is 1. The molecule has 3 aliphatic heterocycles. The Morgan fingerprint density at radius 2 is 2.16 bits per heavy atom. The molecule has 9 heteroatoms. The first-order valence-electron chi connectivity index (χ1n) is 11.2. The fourth-order valence-corrected chi connectivity index (χ4v) is 6.23. The lowest BCUT2D eigenvalue weighted by molar-refractivity contribution is -0.134. The summed E-state index contributed by atoms with van der Waals surface area (Å²) in [5, 5.41) is 9.29.